The van der Waals surface area contributed by atoms with Gasteiger partial charge in [0.2, 0.25) is 5.91 Å². The Hall–Kier alpha value is -2.69. The molecule has 0 saturated heterocycles. The molecule has 1 aliphatic heterocycles. The molecule has 3 rings (SSSR count). The van der Waals surface area contributed by atoms with E-state index in [1.54, 1.807) is 17.0 Å². The lowest BCUT2D eigenvalue weighted by Gasteiger charge is -2.23. The van der Waals surface area contributed by atoms with E-state index in [9.17, 15) is 9.90 Å². The summed E-state index contributed by atoms with van der Waals surface area (Å²) in [5, 5.41) is 9.96. The number of benzene rings is 2. The van der Waals surface area contributed by atoms with Gasteiger partial charge in [0.1, 0.15) is 19.0 Å². The van der Waals surface area contributed by atoms with Gasteiger partial charge in [0.05, 0.1) is 6.42 Å². The summed E-state index contributed by atoms with van der Waals surface area (Å²) in [5.74, 6) is 1.67. The summed E-state index contributed by atoms with van der Waals surface area (Å²) in [5.41, 5.74) is 1.65. The lowest BCUT2D eigenvalue weighted by Crippen LogP contribution is -2.32. The molecule has 0 bridgehead atoms. The number of nitrogens with zero attached hydrogens (tertiary/aromatic N) is 1. The van der Waals surface area contributed by atoms with Crippen LogP contribution in [0.5, 0.6) is 17.2 Å². The number of carbonyl (C=O) groups excluding carboxylic acids is 1. The predicted octanol–water partition coefficient (Wildman–Crippen LogP) is 3.14. The van der Waals surface area contributed by atoms with Crippen molar-refractivity contribution in [1.82, 2.24) is 4.90 Å². The molecule has 1 heterocycles. The molecular weight excluding hydrogens is 318 g/mol. The van der Waals surface area contributed by atoms with Crippen molar-refractivity contribution in [2.24, 2.45) is 0 Å². The molecule has 0 unspecified atom stereocenters. The zero-order valence-electron chi connectivity index (χ0n) is 14.4. The Morgan fingerprint density at radius 2 is 1.88 bits per heavy atom. The van der Waals surface area contributed by atoms with Gasteiger partial charge < -0.3 is 19.5 Å². The molecule has 0 spiro atoms. The Balaban J connectivity index is 1.71. The van der Waals surface area contributed by atoms with E-state index in [1.807, 2.05) is 37.3 Å². The van der Waals surface area contributed by atoms with Gasteiger partial charge in [-0.05, 0) is 30.2 Å². The molecule has 0 aromatic heterocycles. The fraction of sp³-hybridized carbons (Fsp3) is 0.350. The monoisotopic (exact) mass is 341 g/mol. The Labute approximate surface area is 147 Å². The lowest BCUT2D eigenvalue weighted by molar-refractivity contribution is -0.131. The molecule has 1 amide bonds. The zero-order chi connectivity index (χ0) is 17.6. The molecule has 0 radical (unpaired) electrons. The number of hydrogen-bond donors (Lipinski definition) is 1. The second kappa shape index (κ2) is 7.92. The van der Waals surface area contributed by atoms with Crippen molar-refractivity contribution in [2.75, 3.05) is 19.8 Å². The van der Waals surface area contributed by atoms with Gasteiger partial charge in [-0.15, -0.1) is 0 Å². The van der Waals surface area contributed by atoms with Crippen LogP contribution in [-0.4, -0.2) is 35.7 Å². The first kappa shape index (κ1) is 17.1. The fourth-order valence-corrected chi connectivity index (χ4v) is 2.90. The van der Waals surface area contributed by atoms with Crippen LogP contribution in [0.1, 0.15) is 24.5 Å². The highest BCUT2D eigenvalue weighted by Gasteiger charge is 2.17. The van der Waals surface area contributed by atoms with Crippen LogP contribution in [-0.2, 0) is 17.8 Å². The van der Waals surface area contributed by atoms with Gasteiger partial charge in [0.25, 0.3) is 0 Å². The van der Waals surface area contributed by atoms with E-state index in [1.165, 1.54) is 0 Å². The third kappa shape index (κ3) is 4.24. The average molecular weight is 341 g/mol. The highest BCUT2D eigenvalue weighted by molar-refractivity contribution is 5.79. The molecule has 2 aromatic carbocycles. The van der Waals surface area contributed by atoms with Crippen molar-refractivity contribution in [3.63, 3.8) is 0 Å². The van der Waals surface area contributed by atoms with Crippen molar-refractivity contribution in [3.05, 3.63) is 53.6 Å². The van der Waals surface area contributed by atoms with Crippen LogP contribution in [0.3, 0.4) is 0 Å². The molecule has 1 N–H and O–H groups in total. The maximum Gasteiger partial charge on any atom is 0.227 e. The maximum absolute atomic E-state index is 12.8. The first-order valence-corrected chi connectivity index (χ1v) is 8.60. The van der Waals surface area contributed by atoms with Crippen LogP contribution in [0.15, 0.2) is 42.5 Å². The molecule has 0 atom stereocenters. The highest BCUT2D eigenvalue weighted by atomic mass is 16.6. The van der Waals surface area contributed by atoms with E-state index in [0.29, 0.717) is 38.5 Å². The number of fused-ring (bicyclic) bond motifs is 1. The number of amides is 1. The molecule has 1 aliphatic rings. The minimum absolute atomic E-state index is 0.0294. The fourth-order valence-electron chi connectivity index (χ4n) is 2.90. The molecule has 0 saturated carbocycles. The van der Waals surface area contributed by atoms with Gasteiger partial charge in [0.15, 0.2) is 11.5 Å². The quantitative estimate of drug-likeness (QED) is 0.877. The summed E-state index contributed by atoms with van der Waals surface area (Å²) in [7, 11) is 0. The van der Waals surface area contributed by atoms with E-state index in [2.05, 4.69) is 0 Å². The number of phenols is 1. The van der Waals surface area contributed by atoms with Gasteiger partial charge >= 0.3 is 0 Å². The van der Waals surface area contributed by atoms with E-state index >= 15 is 0 Å². The van der Waals surface area contributed by atoms with E-state index in [-0.39, 0.29) is 11.7 Å². The lowest BCUT2D eigenvalue weighted by atomic mass is 10.1. The van der Waals surface area contributed by atoms with Gasteiger partial charge in [0, 0.05) is 18.7 Å². The van der Waals surface area contributed by atoms with Crippen LogP contribution in [0.2, 0.25) is 0 Å². The second-order valence-corrected chi connectivity index (χ2v) is 6.10. The van der Waals surface area contributed by atoms with E-state index in [4.69, 9.17) is 9.47 Å². The van der Waals surface area contributed by atoms with Crippen LogP contribution in [0.25, 0.3) is 0 Å². The largest absolute Gasteiger partial charge is 0.508 e. The van der Waals surface area contributed by atoms with Crippen LogP contribution in [0, 0.1) is 0 Å². The number of rotatable bonds is 6. The van der Waals surface area contributed by atoms with Crippen molar-refractivity contribution >= 4 is 5.91 Å². The Morgan fingerprint density at radius 3 is 2.64 bits per heavy atom. The SMILES string of the molecule is CCCN(Cc1ccccc1O)C(=O)Cc1ccc2c(c1)OCCO2. The average Bonchev–Trinajstić information content (AvgIpc) is 2.63. The van der Waals surface area contributed by atoms with Gasteiger partial charge in [-0.25, -0.2) is 0 Å². The first-order valence-electron chi connectivity index (χ1n) is 8.60. The number of para-hydroxylation sites is 1. The smallest absolute Gasteiger partial charge is 0.227 e. The van der Waals surface area contributed by atoms with Gasteiger partial charge in [-0.1, -0.05) is 31.2 Å². The third-order valence-electron chi connectivity index (χ3n) is 4.16. The number of aromatic hydroxyl groups is 1. The minimum atomic E-state index is 0.0294. The molecule has 25 heavy (non-hydrogen) atoms. The van der Waals surface area contributed by atoms with Crippen molar-refractivity contribution in [1.29, 1.82) is 0 Å². The second-order valence-electron chi connectivity index (χ2n) is 6.10. The summed E-state index contributed by atoms with van der Waals surface area (Å²) in [6.45, 7) is 4.17. The molecule has 5 heteroatoms. The summed E-state index contributed by atoms with van der Waals surface area (Å²) in [6, 6.07) is 12.8. The van der Waals surface area contributed by atoms with E-state index < -0.39 is 0 Å². The number of carbonyl (C=O) groups is 1. The maximum atomic E-state index is 12.8. The molecule has 132 valence electrons. The van der Waals surface area contributed by atoms with E-state index in [0.717, 1.165) is 23.3 Å². The summed E-state index contributed by atoms with van der Waals surface area (Å²) < 4.78 is 11.1. The number of hydrogen-bond acceptors (Lipinski definition) is 4. The number of ether oxygens (including phenoxy) is 2. The van der Waals surface area contributed by atoms with Gasteiger partial charge in [-0.2, -0.15) is 0 Å². The summed E-state index contributed by atoms with van der Waals surface area (Å²) in [4.78, 5) is 14.5. The van der Waals surface area contributed by atoms with Crippen LogP contribution >= 0.6 is 0 Å². The normalized spacial score (nSPS) is 12.7. The van der Waals surface area contributed by atoms with Crippen LogP contribution < -0.4 is 9.47 Å². The van der Waals surface area contributed by atoms with Crippen molar-refractivity contribution < 1.29 is 19.4 Å². The van der Waals surface area contributed by atoms with Crippen molar-refractivity contribution in [3.8, 4) is 17.2 Å². The molecule has 5 nitrogen and oxygen atoms in total. The topological polar surface area (TPSA) is 59.0 Å². The van der Waals surface area contributed by atoms with Crippen LogP contribution in [0.4, 0.5) is 0 Å². The minimum Gasteiger partial charge on any atom is -0.508 e. The molecule has 0 fully saturated rings. The third-order valence-corrected chi connectivity index (χ3v) is 4.16. The molecule has 0 aliphatic carbocycles. The molecule has 2 aromatic rings. The number of phenolic OH excluding ortho intramolecular Hbond substituents is 1. The summed E-state index contributed by atoms with van der Waals surface area (Å²) >= 11 is 0. The Kier molecular flexibility index (Phi) is 5.43. The Bertz CT molecular complexity index is 744. The zero-order valence-corrected chi connectivity index (χ0v) is 14.4. The standard InChI is InChI=1S/C20H23NO4/c1-2-9-21(14-16-5-3-4-6-17(16)22)20(23)13-15-7-8-18-19(12-15)25-11-10-24-18/h3-8,12,22H,2,9-11,13-14H2,1H3. The highest BCUT2D eigenvalue weighted by Crippen LogP contribution is 2.31. The summed E-state index contributed by atoms with van der Waals surface area (Å²) in [6.07, 6.45) is 1.16. The van der Waals surface area contributed by atoms with Gasteiger partial charge in [-0.3, -0.25) is 4.79 Å². The predicted molar refractivity (Wildman–Crippen MR) is 95.0 cm³/mol. The first-order chi connectivity index (χ1) is 12.2. The Morgan fingerprint density at radius 1 is 1.12 bits per heavy atom. The van der Waals surface area contributed by atoms with Crippen molar-refractivity contribution in [2.45, 2.75) is 26.3 Å². The molecular formula is C20H23NO4.